The predicted molar refractivity (Wildman–Crippen MR) is 115 cm³/mol. The SMILES string of the molecule is CC1(C)CCN(C2C3CC4CC2CC(O)(C4)C3)C(=O)c2cnn(C3CCCCC3)c21. The van der Waals surface area contributed by atoms with Gasteiger partial charge in [-0.2, -0.15) is 5.10 Å². The molecule has 6 aliphatic rings. The first-order chi connectivity index (χ1) is 14.3. The van der Waals surface area contributed by atoms with Crippen LogP contribution in [-0.2, 0) is 5.41 Å². The molecule has 164 valence electrons. The minimum atomic E-state index is -0.446. The van der Waals surface area contributed by atoms with Crippen molar-refractivity contribution in [3.05, 3.63) is 17.5 Å². The van der Waals surface area contributed by atoms with Gasteiger partial charge in [0.15, 0.2) is 0 Å². The zero-order chi connectivity index (χ0) is 20.7. The maximum atomic E-state index is 13.9. The lowest BCUT2D eigenvalue weighted by atomic mass is 9.52. The second kappa shape index (κ2) is 6.57. The first-order valence-electron chi connectivity index (χ1n) is 12.5. The molecule has 1 N–H and O–H groups in total. The second-order valence-corrected chi connectivity index (χ2v) is 12.0. The van der Waals surface area contributed by atoms with Crippen LogP contribution < -0.4 is 0 Å². The summed E-state index contributed by atoms with van der Waals surface area (Å²) in [5.41, 5.74) is 1.55. The van der Waals surface area contributed by atoms with Crippen molar-refractivity contribution >= 4 is 5.91 Å². The van der Waals surface area contributed by atoms with Crippen LogP contribution in [0.2, 0.25) is 0 Å². The van der Waals surface area contributed by atoms with Crippen molar-refractivity contribution in [2.75, 3.05) is 6.54 Å². The Hall–Kier alpha value is -1.36. The molecular weight excluding hydrogens is 374 g/mol. The highest BCUT2D eigenvalue weighted by Crippen LogP contribution is 2.57. The summed E-state index contributed by atoms with van der Waals surface area (Å²) in [4.78, 5) is 16.2. The Morgan fingerprint density at radius 1 is 1.07 bits per heavy atom. The zero-order valence-electron chi connectivity index (χ0n) is 18.6. The largest absolute Gasteiger partial charge is 0.390 e. The second-order valence-electron chi connectivity index (χ2n) is 12.0. The van der Waals surface area contributed by atoms with Gasteiger partial charge in [0.05, 0.1) is 29.1 Å². The van der Waals surface area contributed by atoms with Crippen molar-refractivity contribution in [3.8, 4) is 0 Å². The molecule has 4 bridgehead atoms. The highest BCUT2D eigenvalue weighted by atomic mass is 16.3. The molecule has 1 aromatic rings. The van der Waals surface area contributed by atoms with E-state index in [2.05, 4.69) is 23.4 Å². The van der Waals surface area contributed by atoms with E-state index in [4.69, 9.17) is 5.10 Å². The molecule has 5 fully saturated rings. The van der Waals surface area contributed by atoms with E-state index in [0.29, 0.717) is 29.8 Å². The third-order valence-electron chi connectivity index (χ3n) is 9.38. The molecule has 5 heteroatoms. The fourth-order valence-corrected chi connectivity index (χ4v) is 8.32. The lowest BCUT2D eigenvalue weighted by molar-refractivity contribution is -0.154. The molecule has 5 saturated carbocycles. The van der Waals surface area contributed by atoms with Gasteiger partial charge in [-0.3, -0.25) is 9.48 Å². The first kappa shape index (κ1) is 19.3. The van der Waals surface area contributed by atoms with E-state index >= 15 is 0 Å². The first-order valence-corrected chi connectivity index (χ1v) is 12.5. The lowest BCUT2D eigenvalue weighted by Gasteiger charge is -2.60. The Labute approximate surface area is 180 Å². The van der Waals surface area contributed by atoms with Crippen LogP contribution in [0.4, 0.5) is 0 Å². The smallest absolute Gasteiger partial charge is 0.257 e. The molecule has 7 rings (SSSR count). The molecule has 30 heavy (non-hydrogen) atoms. The number of carbonyl (C=O) groups is 1. The Kier molecular flexibility index (Phi) is 4.23. The molecule has 0 spiro atoms. The molecule has 2 heterocycles. The zero-order valence-corrected chi connectivity index (χ0v) is 18.6. The van der Waals surface area contributed by atoms with Gasteiger partial charge in [0.1, 0.15) is 0 Å². The minimum Gasteiger partial charge on any atom is -0.390 e. The van der Waals surface area contributed by atoms with Crippen LogP contribution in [0.25, 0.3) is 0 Å². The number of aromatic nitrogens is 2. The van der Waals surface area contributed by atoms with E-state index in [1.165, 1.54) is 50.6 Å². The van der Waals surface area contributed by atoms with Crippen LogP contribution in [-0.4, -0.2) is 43.9 Å². The Morgan fingerprint density at radius 2 is 1.77 bits per heavy atom. The van der Waals surface area contributed by atoms with Crippen molar-refractivity contribution in [2.45, 2.75) is 108 Å². The van der Waals surface area contributed by atoms with Crippen LogP contribution >= 0.6 is 0 Å². The number of nitrogens with zero attached hydrogens (tertiary/aromatic N) is 3. The summed E-state index contributed by atoms with van der Waals surface area (Å²) >= 11 is 0. The summed E-state index contributed by atoms with van der Waals surface area (Å²) in [7, 11) is 0. The molecule has 0 radical (unpaired) electrons. The van der Waals surface area contributed by atoms with Gasteiger partial charge < -0.3 is 10.0 Å². The number of hydrogen-bond donors (Lipinski definition) is 1. The van der Waals surface area contributed by atoms with Crippen molar-refractivity contribution in [1.29, 1.82) is 0 Å². The van der Waals surface area contributed by atoms with E-state index in [9.17, 15) is 9.90 Å². The summed E-state index contributed by atoms with van der Waals surface area (Å²) in [5.74, 6) is 1.83. The molecular formula is C25H37N3O2. The summed E-state index contributed by atoms with van der Waals surface area (Å²) in [6.45, 7) is 5.46. The average molecular weight is 412 g/mol. The summed E-state index contributed by atoms with van der Waals surface area (Å²) in [6, 6.07) is 0.769. The molecule has 0 aromatic carbocycles. The number of aliphatic hydroxyl groups is 1. The molecule has 1 amide bonds. The number of rotatable bonds is 2. The molecule has 1 aromatic heterocycles. The third kappa shape index (κ3) is 2.83. The fraction of sp³-hybridized carbons (Fsp3) is 0.840. The number of hydrogen-bond acceptors (Lipinski definition) is 3. The average Bonchev–Trinajstić information content (AvgIpc) is 3.11. The summed E-state index contributed by atoms with van der Waals surface area (Å²) < 4.78 is 2.25. The summed E-state index contributed by atoms with van der Waals surface area (Å²) in [6.07, 6.45) is 14.3. The van der Waals surface area contributed by atoms with Gasteiger partial charge in [-0.15, -0.1) is 0 Å². The third-order valence-corrected chi connectivity index (χ3v) is 9.38. The van der Waals surface area contributed by atoms with Gasteiger partial charge in [-0.05, 0) is 69.1 Å². The number of carbonyl (C=O) groups excluding carboxylic acids is 1. The van der Waals surface area contributed by atoms with Crippen LogP contribution in [0.5, 0.6) is 0 Å². The van der Waals surface area contributed by atoms with E-state index < -0.39 is 5.60 Å². The highest BCUT2D eigenvalue weighted by Gasteiger charge is 2.57. The quantitative estimate of drug-likeness (QED) is 0.782. The van der Waals surface area contributed by atoms with Crippen LogP contribution in [0.1, 0.15) is 107 Å². The number of fused-ring (bicyclic) bond motifs is 1. The molecule has 1 aliphatic heterocycles. The maximum Gasteiger partial charge on any atom is 0.257 e. The number of amides is 1. The van der Waals surface area contributed by atoms with Gasteiger partial charge in [-0.1, -0.05) is 33.1 Å². The minimum absolute atomic E-state index is 0.0438. The fourth-order valence-electron chi connectivity index (χ4n) is 8.32. The van der Waals surface area contributed by atoms with E-state index in [1.54, 1.807) is 0 Å². The van der Waals surface area contributed by atoms with E-state index in [1.807, 2.05) is 6.20 Å². The molecule has 2 unspecified atom stereocenters. The molecule has 0 saturated heterocycles. The van der Waals surface area contributed by atoms with Gasteiger partial charge in [0.2, 0.25) is 0 Å². The molecule has 2 atom stereocenters. The summed E-state index contributed by atoms with van der Waals surface area (Å²) in [5, 5.41) is 15.8. The van der Waals surface area contributed by atoms with Crippen molar-refractivity contribution in [1.82, 2.24) is 14.7 Å². The normalized spacial score (nSPS) is 40.5. The maximum absolute atomic E-state index is 13.9. The van der Waals surface area contributed by atoms with Crippen molar-refractivity contribution < 1.29 is 9.90 Å². The lowest BCUT2D eigenvalue weighted by Crippen LogP contribution is -2.62. The topological polar surface area (TPSA) is 58.4 Å². The molecule has 5 nitrogen and oxygen atoms in total. The van der Waals surface area contributed by atoms with Gasteiger partial charge in [0, 0.05) is 18.0 Å². The Morgan fingerprint density at radius 3 is 2.43 bits per heavy atom. The van der Waals surface area contributed by atoms with Crippen LogP contribution in [0.3, 0.4) is 0 Å². The Balaban J connectivity index is 1.35. The van der Waals surface area contributed by atoms with Crippen molar-refractivity contribution in [3.63, 3.8) is 0 Å². The van der Waals surface area contributed by atoms with Crippen LogP contribution in [0, 0.1) is 17.8 Å². The monoisotopic (exact) mass is 411 g/mol. The molecule has 5 aliphatic carbocycles. The Bertz CT molecular complexity index is 837. The van der Waals surface area contributed by atoms with Gasteiger partial charge in [0.25, 0.3) is 5.91 Å². The highest BCUT2D eigenvalue weighted by molar-refractivity contribution is 5.96. The van der Waals surface area contributed by atoms with Gasteiger partial charge >= 0.3 is 0 Å². The standard InChI is InChI=1S/C25H37N3O2/c1-24(2)8-9-27(21-17-10-16-11-18(21)14-25(30,12-16)13-17)23(29)20-15-26-28(22(20)24)19-6-4-3-5-7-19/h15-19,21,30H,3-14H2,1-2H3. The van der Waals surface area contributed by atoms with E-state index in [0.717, 1.165) is 37.8 Å². The van der Waals surface area contributed by atoms with E-state index in [-0.39, 0.29) is 11.3 Å². The van der Waals surface area contributed by atoms with Gasteiger partial charge in [-0.25, -0.2) is 0 Å². The van der Waals surface area contributed by atoms with Crippen LogP contribution in [0.15, 0.2) is 6.20 Å². The van der Waals surface area contributed by atoms with Crippen molar-refractivity contribution in [2.24, 2.45) is 17.8 Å². The predicted octanol–water partition coefficient (Wildman–Crippen LogP) is 4.45.